The van der Waals surface area contributed by atoms with Crippen LogP contribution in [0.2, 0.25) is 0 Å². The molecule has 5 rings (SSSR count). The fourth-order valence-corrected chi connectivity index (χ4v) is 6.30. The highest BCUT2D eigenvalue weighted by Crippen LogP contribution is 2.62. The van der Waals surface area contributed by atoms with Crippen LogP contribution in [0.5, 0.6) is 0 Å². The predicted octanol–water partition coefficient (Wildman–Crippen LogP) is 3.51. The van der Waals surface area contributed by atoms with Crippen molar-refractivity contribution in [3.63, 3.8) is 0 Å². The summed E-state index contributed by atoms with van der Waals surface area (Å²) in [5.41, 5.74) is 2.04. The lowest BCUT2D eigenvalue weighted by atomic mass is 9.47. The minimum Gasteiger partial charge on any atom is -0.456 e. The molecule has 4 aliphatic rings. The molecule has 4 atom stereocenters. The van der Waals surface area contributed by atoms with Crippen molar-refractivity contribution in [1.82, 2.24) is 0 Å². The van der Waals surface area contributed by atoms with E-state index in [1.807, 2.05) is 32.0 Å². The SMILES string of the molecule is Cc1cccc(C)c1NC(=O)COC(=O)CC12C[C@@H]3C[C@@H](CC(O)(C3)C1)C2. The molecule has 0 aliphatic heterocycles. The van der Waals surface area contributed by atoms with Crippen LogP contribution in [-0.2, 0) is 14.3 Å². The first kappa shape index (κ1) is 18.5. The zero-order valence-electron chi connectivity index (χ0n) is 16.2. The van der Waals surface area contributed by atoms with Crippen molar-refractivity contribution < 1.29 is 19.4 Å². The highest BCUT2D eigenvalue weighted by atomic mass is 16.5. The third kappa shape index (κ3) is 3.75. The molecule has 4 saturated carbocycles. The summed E-state index contributed by atoms with van der Waals surface area (Å²) in [7, 11) is 0. The van der Waals surface area contributed by atoms with Gasteiger partial charge in [0.25, 0.3) is 5.91 Å². The lowest BCUT2D eigenvalue weighted by Gasteiger charge is -2.60. The van der Waals surface area contributed by atoms with Crippen molar-refractivity contribution in [3.8, 4) is 0 Å². The third-order valence-corrected chi connectivity index (χ3v) is 6.78. The lowest BCUT2D eigenvalue weighted by molar-refractivity contribution is -0.177. The monoisotopic (exact) mass is 371 g/mol. The van der Waals surface area contributed by atoms with Crippen molar-refractivity contribution in [2.24, 2.45) is 17.3 Å². The molecule has 4 aliphatic carbocycles. The van der Waals surface area contributed by atoms with Gasteiger partial charge in [0, 0.05) is 5.69 Å². The standard InChI is InChI=1S/C22H29NO4/c1-14-4-3-5-15(2)20(14)23-18(24)12-27-19(25)11-21-7-16-6-17(8-21)10-22(26,9-16)13-21/h3-5,16-17,26H,6-13H2,1-2H3,(H,23,24)/t16-,17+,21?,22?. The minimum atomic E-state index is -0.579. The van der Waals surface area contributed by atoms with Crippen LogP contribution in [0.4, 0.5) is 5.69 Å². The van der Waals surface area contributed by atoms with Gasteiger partial charge < -0.3 is 15.2 Å². The first-order valence-corrected chi connectivity index (χ1v) is 10.0. The average molecular weight is 371 g/mol. The normalized spacial score (nSPS) is 33.7. The van der Waals surface area contributed by atoms with E-state index in [2.05, 4.69) is 5.32 Å². The molecular weight excluding hydrogens is 342 g/mol. The van der Waals surface area contributed by atoms with Crippen molar-refractivity contribution in [2.75, 3.05) is 11.9 Å². The number of esters is 1. The molecule has 2 N–H and O–H groups in total. The first-order valence-electron chi connectivity index (χ1n) is 10.0. The maximum atomic E-state index is 12.4. The number of carbonyl (C=O) groups excluding carboxylic acids is 2. The van der Waals surface area contributed by atoms with E-state index in [0.717, 1.165) is 42.5 Å². The van der Waals surface area contributed by atoms with Gasteiger partial charge in [-0.1, -0.05) is 18.2 Å². The Morgan fingerprint density at radius 2 is 1.78 bits per heavy atom. The molecule has 0 heterocycles. The number of anilines is 1. The van der Waals surface area contributed by atoms with E-state index < -0.39 is 5.60 Å². The fraction of sp³-hybridized carbons (Fsp3) is 0.636. The molecule has 2 unspecified atom stereocenters. The van der Waals surface area contributed by atoms with Crippen LogP contribution in [0.1, 0.15) is 56.1 Å². The number of rotatable bonds is 5. The van der Waals surface area contributed by atoms with Gasteiger partial charge in [-0.3, -0.25) is 9.59 Å². The predicted molar refractivity (Wildman–Crippen MR) is 102 cm³/mol. The van der Waals surface area contributed by atoms with Gasteiger partial charge >= 0.3 is 5.97 Å². The minimum absolute atomic E-state index is 0.126. The largest absolute Gasteiger partial charge is 0.456 e. The van der Waals surface area contributed by atoms with Gasteiger partial charge in [0.2, 0.25) is 0 Å². The van der Waals surface area contributed by atoms with E-state index in [4.69, 9.17) is 4.74 Å². The zero-order chi connectivity index (χ0) is 19.2. The van der Waals surface area contributed by atoms with E-state index in [-0.39, 0.29) is 23.9 Å². The van der Waals surface area contributed by atoms with Gasteiger partial charge in [-0.15, -0.1) is 0 Å². The number of amides is 1. The summed E-state index contributed by atoms with van der Waals surface area (Å²) >= 11 is 0. The Balaban J connectivity index is 1.32. The van der Waals surface area contributed by atoms with E-state index in [0.29, 0.717) is 24.7 Å². The zero-order valence-corrected chi connectivity index (χ0v) is 16.2. The molecule has 4 bridgehead atoms. The average Bonchev–Trinajstić information content (AvgIpc) is 2.54. The van der Waals surface area contributed by atoms with Gasteiger partial charge in [0.1, 0.15) is 0 Å². The molecule has 5 nitrogen and oxygen atoms in total. The van der Waals surface area contributed by atoms with Gasteiger partial charge in [-0.25, -0.2) is 0 Å². The number of carbonyl (C=O) groups is 2. The van der Waals surface area contributed by atoms with E-state index in [1.165, 1.54) is 6.42 Å². The van der Waals surface area contributed by atoms with Crippen molar-refractivity contribution in [3.05, 3.63) is 29.3 Å². The Labute approximate surface area is 160 Å². The summed E-state index contributed by atoms with van der Waals surface area (Å²) in [6.45, 7) is 3.61. The van der Waals surface area contributed by atoms with E-state index in [9.17, 15) is 14.7 Å². The molecule has 4 fully saturated rings. The summed E-state index contributed by atoms with van der Waals surface area (Å²) < 4.78 is 5.30. The number of aryl methyl sites for hydroxylation is 2. The van der Waals surface area contributed by atoms with Crippen LogP contribution in [0, 0.1) is 31.1 Å². The summed E-state index contributed by atoms with van der Waals surface area (Å²) in [4.78, 5) is 24.6. The van der Waals surface area contributed by atoms with Crippen LogP contribution in [0.3, 0.4) is 0 Å². The van der Waals surface area contributed by atoms with E-state index in [1.54, 1.807) is 0 Å². The van der Waals surface area contributed by atoms with Gasteiger partial charge in [0.05, 0.1) is 12.0 Å². The summed E-state index contributed by atoms with van der Waals surface area (Å²) in [5, 5.41) is 13.6. The second kappa shape index (κ2) is 6.62. The second-order valence-corrected chi connectivity index (χ2v) is 9.34. The molecule has 0 aromatic heterocycles. The molecule has 5 heteroatoms. The molecule has 0 radical (unpaired) electrons. The van der Waals surface area contributed by atoms with Crippen LogP contribution in [0.25, 0.3) is 0 Å². The van der Waals surface area contributed by atoms with Crippen LogP contribution in [-0.4, -0.2) is 29.2 Å². The van der Waals surface area contributed by atoms with Crippen LogP contribution >= 0.6 is 0 Å². The molecular formula is C22H29NO4. The van der Waals surface area contributed by atoms with Crippen molar-refractivity contribution in [1.29, 1.82) is 0 Å². The third-order valence-electron chi connectivity index (χ3n) is 6.78. The Morgan fingerprint density at radius 3 is 2.37 bits per heavy atom. The topological polar surface area (TPSA) is 75.6 Å². The van der Waals surface area contributed by atoms with Crippen LogP contribution in [0.15, 0.2) is 18.2 Å². The number of para-hydroxylation sites is 1. The first-order chi connectivity index (χ1) is 12.8. The lowest BCUT2D eigenvalue weighted by Crippen LogP contribution is -2.56. The summed E-state index contributed by atoms with van der Waals surface area (Å²) in [6.07, 6.45) is 6.01. The fourth-order valence-electron chi connectivity index (χ4n) is 6.30. The summed E-state index contributed by atoms with van der Waals surface area (Å²) in [6, 6.07) is 5.82. The highest BCUT2D eigenvalue weighted by molar-refractivity contribution is 5.94. The van der Waals surface area contributed by atoms with Crippen LogP contribution < -0.4 is 5.32 Å². The molecule has 1 aromatic carbocycles. The number of hydrogen-bond acceptors (Lipinski definition) is 4. The van der Waals surface area contributed by atoms with E-state index >= 15 is 0 Å². The maximum absolute atomic E-state index is 12.4. The molecule has 0 spiro atoms. The molecule has 27 heavy (non-hydrogen) atoms. The number of ether oxygens (including phenoxy) is 1. The molecule has 1 aromatic rings. The van der Waals surface area contributed by atoms with Gasteiger partial charge in [-0.2, -0.15) is 0 Å². The molecule has 146 valence electrons. The highest BCUT2D eigenvalue weighted by Gasteiger charge is 2.57. The second-order valence-electron chi connectivity index (χ2n) is 9.34. The quantitative estimate of drug-likeness (QED) is 0.777. The van der Waals surface area contributed by atoms with Crippen molar-refractivity contribution >= 4 is 17.6 Å². The number of aliphatic hydroxyl groups is 1. The molecule has 0 saturated heterocycles. The van der Waals surface area contributed by atoms with Gasteiger partial charge in [-0.05, 0) is 80.8 Å². The Morgan fingerprint density at radius 1 is 1.15 bits per heavy atom. The Bertz CT molecular complexity index is 737. The Kier molecular flexibility index (Phi) is 4.53. The number of nitrogens with one attached hydrogen (secondary N) is 1. The molecule has 1 amide bonds. The van der Waals surface area contributed by atoms with Gasteiger partial charge in [0.15, 0.2) is 6.61 Å². The van der Waals surface area contributed by atoms with Crippen molar-refractivity contribution in [2.45, 2.75) is 64.4 Å². The number of benzene rings is 1. The summed E-state index contributed by atoms with van der Waals surface area (Å²) in [5.74, 6) is 0.440. The smallest absolute Gasteiger partial charge is 0.306 e. The number of hydrogen-bond donors (Lipinski definition) is 2. The maximum Gasteiger partial charge on any atom is 0.306 e. The Hall–Kier alpha value is -1.88.